The molecule has 2 aromatic rings. The molecule has 2 rings (SSSR count). The van der Waals surface area contributed by atoms with Crippen molar-refractivity contribution in [3.63, 3.8) is 0 Å². The number of hydrogen-bond acceptors (Lipinski definition) is 2. The average molecular weight is 302 g/mol. The first kappa shape index (κ1) is 15.6. The van der Waals surface area contributed by atoms with Gasteiger partial charge in [0, 0.05) is 22.8 Å². The molecule has 0 aromatic heterocycles. The van der Waals surface area contributed by atoms with Crippen LogP contribution < -0.4 is 4.90 Å². The van der Waals surface area contributed by atoms with E-state index in [2.05, 4.69) is 0 Å². The number of carbonyl (C=O) groups excluding carboxylic acids is 1. The molecule has 110 valence electrons. The lowest BCUT2D eigenvalue weighted by Gasteiger charge is -2.23. The number of halogens is 1. The van der Waals surface area contributed by atoms with Crippen LogP contribution in [0.2, 0.25) is 5.02 Å². The zero-order valence-corrected chi connectivity index (χ0v) is 13.4. The molecule has 0 bridgehead atoms. The molecule has 0 aliphatic heterocycles. The number of hydrogen-bond donors (Lipinski definition) is 0. The minimum absolute atomic E-state index is 0.137. The third-order valence-corrected chi connectivity index (χ3v) is 3.82. The molecule has 21 heavy (non-hydrogen) atoms. The molecule has 0 spiro atoms. The Morgan fingerprint density at radius 1 is 1.14 bits per heavy atom. The molecule has 0 heterocycles. The number of Topliss-reactive ketones (excluding diaryl/α,β-unsaturated/α-hetero) is 1. The van der Waals surface area contributed by atoms with Gasteiger partial charge in [0.25, 0.3) is 0 Å². The highest BCUT2D eigenvalue weighted by Gasteiger charge is 2.14. The molecule has 0 unspecified atom stereocenters. The van der Waals surface area contributed by atoms with Crippen molar-refractivity contribution in [3.8, 4) is 0 Å². The molecule has 0 fully saturated rings. The van der Waals surface area contributed by atoms with E-state index in [0.717, 1.165) is 28.9 Å². The molecule has 0 radical (unpaired) electrons. The Labute approximate surface area is 131 Å². The van der Waals surface area contributed by atoms with Gasteiger partial charge in [0.2, 0.25) is 0 Å². The van der Waals surface area contributed by atoms with Crippen LogP contribution in [0.4, 0.5) is 5.69 Å². The maximum atomic E-state index is 12.6. The SMILES string of the molecule is CCN(CC(=O)c1cc(C)ccc1C)c1cccc(Cl)c1. The lowest BCUT2D eigenvalue weighted by molar-refractivity contribution is 0.0998. The Morgan fingerprint density at radius 2 is 1.90 bits per heavy atom. The lowest BCUT2D eigenvalue weighted by atomic mass is 10.0. The van der Waals surface area contributed by atoms with E-state index in [0.29, 0.717) is 11.6 Å². The fraction of sp³-hybridized carbons (Fsp3) is 0.278. The molecule has 0 aliphatic rings. The summed E-state index contributed by atoms with van der Waals surface area (Å²) in [6.07, 6.45) is 0. The van der Waals surface area contributed by atoms with Crippen LogP contribution in [0.5, 0.6) is 0 Å². The maximum absolute atomic E-state index is 12.6. The maximum Gasteiger partial charge on any atom is 0.182 e. The average Bonchev–Trinajstić information content (AvgIpc) is 2.47. The molecule has 0 amide bonds. The highest BCUT2D eigenvalue weighted by atomic mass is 35.5. The van der Waals surface area contributed by atoms with E-state index in [-0.39, 0.29) is 5.78 Å². The lowest BCUT2D eigenvalue weighted by Crippen LogP contribution is -2.30. The molecular formula is C18H20ClNO. The number of ketones is 1. The van der Waals surface area contributed by atoms with E-state index in [1.165, 1.54) is 0 Å². The minimum Gasteiger partial charge on any atom is -0.364 e. The van der Waals surface area contributed by atoms with Crippen LogP contribution in [0.15, 0.2) is 42.5 Å². The number of carbonyl (C=O) groups is 1. The first-order valence-corrected chi connectivity index (χ1v) is 7.50. The number of nitrogens with zero attached hydrogens (tertiary/aromatic N) is 1. The Kier molecular flexibility index (Phi) is 5.03. The van der Waals surface area contributed by atoms with Crippen LogP contribution >= 0.6 is 11.6 Å². The van der Waals surface area contributed by atoms with Crippen molar-refractivity contribution in [1.82, 2.24) is 0 Å². The fourth-order valence-electron chi connectivity index (χ4n) is 2.35. The van der Waals surface area contributed by atoms with Crippen LogP contribution in [-0.4, -0.2) is 18.9 Å². The summed E-state index contributed by atoms with van der Waals surface area (Å²) in [5.74, 6) is 0.137. The van der Waals surface area contributed by atoms with Gasteiger partial charge < -0.3 is 4.90 Å². The van der Waals surface area contributed by atoms with Crippen molar-refractivity contribution in [2.45, 2.75) is 20.8 Å². The molecule has 2 nitrogen and oxygen atoms in total. The van der Waals surface area contributed by atoms with Crippen molar-refractivity contribution in [3.05, 3.63) is 64.2 Å². The highest BCUT2D eigenvalue weighted by Crippen LogP contribution is 2.20. The predicted molar refractivity (Wildman–Crippen MR) is 89.6 cm³/mol. The Balaban J connectivity index is 2.22. The second-order valence-electron chi connectivity index (χ2n) is 5.24. The Hall–Kier alpha value is -1.80. The summed E-state index contributed by atoms with van der Waals surface area (Å²) in [5, 5.41) is 0.685. The van der Waals surface area contributed by atoms with Crippen LogP contribution in [0, 0.1) is 13.8 Å². The largest absolute Gasteiger partial charge is 0.364 e. The summed E-state index contributed by atoms with van der Waals surface area (Å²) in [5.41, 5.74) is 3.90. The number of rotatable bonds is 5. The van der Waals surface area contributed by atoms with Gasteiger partial charge in [-0.05, 0) is 50.6 Å². The van der Waals surface area contributed by atoms with E-state index in [4.69, 9.17) is 11.6 Å². The van der Waals surface area contributed by atoms with Crippen LogP contribution in [0.1, 0.15) is 28.4 Å². The van der Waals surface area contributed by atoms with E-state index in [1.807, 2.05) is 68.1 Å². The number of aryl methyl sites for hydroxylation is 2. The van der Waals surface area contributed by atoms with Gasteiger partial charge in [0.05, 0.1) is 6.54 Å². The summed E-state index contributed by atoms with van der Waals surface area (Å²) in [6, 6.07) is 13.6. The van der Waals surface area contributed by atoms with Gasteiger partial charge in [0.1, 0.15) is 0 Å². The number of benzene rings is 2. The molecule has 0 atom stereocenters. The quantitative estimate of drug-likeness (QED) is 0.748. The molecule has 3 heteroatoms. The second-order valence-corrected chi connectivity index (χ2v) is 5.67. The van der Waals surface area contributed by atoms with Gasteiger partial charge in [-0.3, -0.25) is 4.79 Å². The summed E-state index contributed by atoms with van der Waals surface area (Å²) in [7, 11) is 0. The molecule has 0 aliphatic carbocycles. The molecule has 0 N–H and O–H groups in total. The van der Waals surface area contributed by atoms with Gasteiger partial charge in [-0.1, -0.05) is 35.4 Å². The standard InChI is InChI=1S/C18H20ClNO/c1-4-20(16-7-5-6-15(19)11-16)12-18(21)17-10-13(2)8-9-14(17)3/h5-11H,4,12H2,1-3H3. The molecular weight excluding hydrogens is 282 g/mol. The third-order valence-electron chi connectivity index (χ3n) is 3.58. The van der Waals surface area contributed by atoms with E-state index in [1.54, 1.807) is 0 Å². The van der Waals surface area contributed by atoms with Crippen LogP contribution in [0.3, 0.4) is 0 Å². The first-order chi connectivity index (χ1) is 10.0. The second kappa shape index (κ2) is 6.77. The fourth-order valence-corrected chi connectivity index (χ4v) is 2.54. The van der Waals surface area contributed by atoms with Gasteiger partial charge in [-0.2, -0.15) is 0 Å². The van der Waals surface area contributed by atoms with Gasteiger partial charge in [-0.25, -0.2) is 0 Å². The first-order valence-electron chi connectivity index (χ1n) is 7.12. The van der Waals surface area contributed by atoms with Crippen molar-refractivity contribution < 1.29 is 4.79 Å². The van der Waals surface area contributed by atoms with Crippen molar-refractivity contribution in [2.24, 2.45) is 0 Å². The topological polar surface area (TPSA) is 20.3 Å². The zero-order chi connectivity index (χ0) is 15.4. The number of likely N-dealkylation sites (N-methyl/N-ethyl adjacent to an activating group) is 1. The third kappa shape index (κ3) is 3.85. The van der Waals surface area contributed by atoms with E-state index < -0.39 is 0 Å². The molecule has 0 saturated heterocycles. The van der Waals surface area contributed by atoms with Crippen molar-refractivity contribution in [2.75, 3.05) is 18.0 Å². The van der Waals surface area contributed by atoms with Crippen LogP contribution in [-0.2, 0) is 0 Å². The van der Waals surface area contributed by atoms with Crippen LogP contribution in [0.25, 0.3) is 0 Å². The summed E-state index contributed by atoms with van der Waals surface area (Å²) in [6.45, 7) is 7.14. The monoisotopic (exact) mass is 301 g/mol. The van der Waals surface area contributed by atoms with Crippen molar-refractivity contribution >= 4 is 23.1 Å². The molecule has 0 saturated carbocycles. The van der Waals surface area contributed by atoms with E-state index >= 15 is 0 Å². The zero-order valence-electron chi connectivity index (χ0n) is 12.7. The van der Waals surface area contributed by atoms with Gasteiger partial charge in [0.15, 0.2) is 5.78 Å². The Morgan fingerprint density at radius 3 is 2.57 bits per heavy atom. The molecule has 2 aromatic carbocycles. The van der Waals surface area contributed by atoms with E-state index in [9.17, 15) is 4.79 Å². The van der Waals surface area contributed by atoms with Gasteiger partial charge in [-0.15, -0.1) is 0 Å². The minimum atomic E-state index is 0.137. The van der Waals surface area contributed by atoms with Crippen molar-refractivity contribution in [1.29, 1.82) is 0 Å². The summed E-state index contributed by atoms with van der Waals surface area (Å²) < 4.78 is 0. The summed E-state index contributed by atoms with van der Waals surface area (Å²) in [4.78, 5) is 14.6. The Bertz CT molecular complexity index is 651. The van der Waals surface area contributed by atoms with Gasteiger partial charge >= 0.3 is 0 Å². The summed E-state index contributed by atoms with van der Waals surface area (Å²) >= 11 is 6.03. The predicted octanol–water partition coefficient (Wildman–Crippen LogP) is 4.67. The smallest absolute Gasteiger partial charge is 0.182 e. The highest BCUT2D eigenvalue weighted by molar-refractivity contribution is 6.30. The number of anilines is 1. The normalized spacial score (nSPS) is 10.5.